The Bertz CT molecular complexity index is 549. The lowest BCUT2D eigenvalue weighted by atomic mass is 9.92. The van der Waals surface area contributed by atoms with Gasteiger partial charge in [0.15, 0.2) is 0 Å². The van der Waals surface area contributed by atoms with Crippen LogP contribution in [-0.2, 0) is 11.2 Å². The third kappa shape index (κ3) is 8.89. The summed E-state index contributed by atoms with van der Waals surface area (Å²) in [6, 6.07) is 10.8. The molecule has 0 unspecified atom stereocenters. The summed E-state index contributed by atoms with van der Waals surface area (Å²) in [6.45, 7) is 7.79. The predicted octanol–water partition coefficient (Wildman–Crippen LogP) is 5.00. The first-order valence-electron chi connectivity index (χ1n) is 10.2. The molecule has 3 nitrogen and oxygen atoms in total. The fraction of sp³-hybridized carbons (Fsp3) is 0.522. The molecule has 0 saturated heterocycles. The van der Waals surface area contributed by atoms with E-state index in [-0.39, 0.29) is 5.91 Å². The maximum atomic E-state index is 11.9. The van der Waals surface area contributed by atoms with E-state index in [4.69, 9.17) is 0 Å². The van der Waals surface area contributed by atoms with Crippen LogP contribution in [0.3, 0.4) is 0 Å². The number of hydrogen-bond donors (Lipinski definition) is 2. The van der Waals surface area contributed by atoms with Gasteiger partial charge in [0.2, 0.25) is 0 Å². The molecule has 3 heteroatoms. The topological polar surface area (TPSA) is 41.1 Å². The van der Waals surface area contributed by atoms with Gasteiger partial charge in [-0.1, -0.05) is 82.9 Å². The second kappa shape index (κ2) is 14.2. The van der Waals surface area contributed by atoms with E-state index in [1.807, 2.05) is 32.2 Å². The molecule has 0 bridgehead atoms. The van der Waals surface area contributed by atoms with E-state index in [0.29, 0.717) is 0 Å². The minimum Gasteiger partial charge on any atom is -0.387 e. The molecule has 1 aromatic rings. The van der Waals surface area contributed by atoms with Gasteiger partial charge < -0.3 is 10.6 Å². The van der Waals surface area contributed by atoms with Crippen molar-refractivity contribution >= 4 is 5.91 Å². The summed E-state index contributed by atoms with van der Waals surface area (Å²) in [4.78, 5) is 11.9. The van der Waals surface area contributed by atoms with Gasteiger partial charge in [-0.25, -0.2) is 0 Å². The van der Waals surface area contributed by atoms with Gasteiger partial charge >= 0.3 is 0 Å². The highest BCUT2D eigenvalue weighted by Crippen LogP contribution is 2.18. The Morgan fingerprint density at radius 3 is 2.58 bits per heavy atom. The van der Waals surface area contributed by atoms with E-state index in [9.17, 15) is 4.79 Å². The summed E-state index contributed by atoms with van der Waals surface area (Å²) in [7, 11) is 0. The summed E-state index contributed by atoms with van der Waals surface area (Å²) >= 11 is 0. The highest BCUT2D eigenvalue weighted by Gasteiger charge is 2.08. The Morgan fingerprint density at radius 2 is 1.92 bits per heavy atom. The second-order valence-corrected chi connectivity index (χ2v) is 6.47. The Hall–Kier alpha value is -2.03. The summed E-state index contributed by atoms with van der Waals surface area (Å²) in [6.07, 6.45) is 12.8. The highest BCUT2D eigenvalue weighted by molar-refractivity contribution is 5.96. The number of dihydropyridines is 1. The van der Waals surface area contributed by atoms with E-state index < -0.39 is 0 Å². The van der Waals surface area contributed by atoms with Gasteiger partial charge in [0.05, 0.1) is 0 Å². The molecule has 1 aliphatic heterocycles. The number of amides is 1. The van der Waals surface area contributed by atoms with Gasteiger partial charge in [0.1, 0.15) is 0 Å². The molecule has 0 saturated carbocycles. The average Bonchev–Trinajstić information content (AvgIpc) is 2.72. The van der Waals surface area contributed by atoms with E-state index in [1.54, 1.807) is 0 Å². The van der Waals surface area contributed by atoms with Crippen molar-refractivity contribution < 1.29 is 4.79 Å². The van der Waals surface area contributed by atoms with Crippen molar-refractivity contribution in [3.8, 4) is 0 Å². The van der Waals surface area contributed by atoms with Crippen LogP contribution in [0.2, 0.25) is 0 Å². The van der Waals surface area contributed by atoms with Gasteiger partial charge in [-0.2, -0.15) is 0 Å². The molecule has 0 aliphatic carbocycles. The fourth-order valence-corrected chi connectivity index (χ4v) is 3.06. The average molecular weight is 357 g/mol. The molecule has 2 rings (SSSR count). The lowest BCUT2D eigenvalue weighted by molar-refractivity contribution is -0.117. The largest absolute Gasteiger partial charge is 0.387 e. The van der Waals surface area contributed by atoms with Crippen molar-refractivity contribution in [1.82, 2.24) is 10.6 Å². The van der Waals surface area contributed by atoms with Gasteiger partial charge in [-0.05, 0) is 36.6 Å². The Labute approximate surface area is 160 Å². The minimum absolute atomic E-state index is 0.0447. The maximum Gasteiger partial charge on any atom is 0.251 e. The van der Waals surface area contributed by atoms with Crippen molar-refractivity contribution in [3.63, 3.8) is 0 Å². The third-order valence-electron chi connectivity index (χ3n) is 4.60. The van der Waals surface area contributed by atoms with E-state index >= 15 is 0 Å². The van der Waals surface area contributed by atoms with Crippen LogP contribution < -0.4 is 10.6 Å². The van der Waals surface area contributed by atoms with Crippen molar-refractivity contribution in [3.05, 3.63) is 59.8 Å². The summed E-state index contributed by atoms with van der Waals surface area (Å²) in [5.41, 5.74) is 2.21. The molecule has 144 valence electrons. The zero-order valence-electron chi connectivity index (χ0n) is 16.8. The van der Waals surface area contributed by atoms with Crippen LogP contribution in [0.5, 0.6) is 0 Å². The lowest BCUT2D eigenvalue weighted by Gasteiger charge is -2.15. The van der Waals surface area contributed by atoms with Crippen LogP contribution in [0.25, 0.3) is 0 Å². The van der Waals surface area contributed by atoms with Gasteiger partial charge in [-0.3, -0.25) is 4.79 Å². The number of rotatable bonds is 10. The van der Waals surface area contributed by atoms with Gasteiger partial charge in [0.25, 0.3) is 5.91 Å². The van der Waals surface area contributed by atoms with Crippen molar-refractivity contribution in [1.29, 1.82) is 0 Å². The number of benzene rings is 1. The van der Waals surface area contributed by atoms with Crippen molar-refractivity contribution in [2.75, 3.05) is 13.1 Å². The van der Waals surface area contributed by atoms with Crippen LogP contribution in [-0.4, -0.2) is 19.0 Å². The molecule has 0 spiro atoms. The SMILES string of the molecule is CC.CC[C@@H](CCCCCNC(=O)C1=CCNC=C1)Cc1ccccc1. The molecule has 26 heavy (non-hydrogen) atoms. The number of nitrogens with one attached hydrogen (secondary N) is 2. The Balaban J connectivity index is 0.00000163. The molecule has 1 atom stereocenters. The van der Waals surface area contributed by atoms with E-state index in [2.05, 4.69) is 47.9 Å². The molecule has 1 aromatic carbocycles. The highest BCUT2D eigenvalue weighted by atomic mass is 16.1. The molecule has 2 N–H and O–H groups in total. The van der Waals surface area contributed by atoms with Crippen LogP contribution in [0.1, 0.15) is 58.4 Å². The van der Waals surface area contributed by atoms with Crippen molar-refractivity contribution in [2.45, 2.75) is 59.3 Å². The Morgan fingerprint density at radius 1 is 1.15 bits per heavy atom. The van der Waals surface area contributed by atoms with E-state index in [1.165, 1.54) is 37.7 Å². The molecule has 1 heterocycles. The number of unbranched alkanes of at least 4 members (excludes halogenated alkanes) is 2. The quantitative estimate of drug-likeness (QED) is 0.579. The minimum atomic E-state index is 0.0447. The third-order valence-corrected chi connectivity index (χ3v) is 4.60. The standard InChI is InChI=1S/C21H30N2O.C2H6/c1-2-18(17-19-10-5-3-6-11-19)9-7-4-8-14-23-21(24)20-12-15-22-16-13-20;1-2/h3,5-6,10-13,15,18,22H,2,4,7-9,14,16-17H2,1H3,(H,23,24);1-2H3/t18-;/m0./s1. The van der Waals surface area contributed by atoms with Crippen LogP contribution in [0, 0.1) is 5.92 Å². The molecule has 0 fully saturated rings. The molecule has 1 aliphatic rings. The molecule has 1 amide bonds. The summed E-state index contributed by atoms with van der Waals surface area (Å²) < 4.78 is 0. The monoisotopic (exact) mass is 356 g/mol. The first-order chi connectivity index (χ1) is 12.8. The zero-order valence-corrected chi connectivity index (χ0v) is 16.8. The number of carbonyl (C=O) groups is 1. The van der Waals surface area contributed by atoms with Crippen molar-refractivity contribution in [2.24, 2.45) is 5.92 Å². The number of carbonyl (C=O) groups excluding carboxylic acids is 1. The predicted molar refractivity (Wildman–Crippen MR) is 112 cm³/mol. The van der Waals surface area contributed by atoms with Crippen LogP contribution >= 0.6 is 0 Å². The van der Waals surface area contributed by atoms with E-state index in [0.717, 1.165) is 31.0 Å². The summed E-state index contributed by atoms with van der Waals surface area (Å²) in [5.74, 6) is 0.815. The number of hydrogen-bond acceptors (Lipinski definition) is 2. The Kier molecular flexibility index (Phi) is 12.0. The molecular formula is C23H36N2O. The molecule has 0 radical (unpaired) electrons. The summed E-state index contributed by atoms with van der Waals surface area (Å²) in [5, 5.41) is 6.06. The van der Waals surface area contributed by atoms with Gasteiger partial charge in [0, 0.05) is 18.7 Å². The molecular weight excluding hydrogens is 320 g/mol. The van der Waals surface area contributed by atoms with Crippen LogP contribution in [0.15, 0.2) is 54.3 Å². The van der Waals surface area contributed by atoms with Gasteiger partial charge in [-0.15, -0.1) is 0 Å². The lowest BCUT2D eigenvalue weighted by Crippen LogP contribution is -2.27. The molecule has 0 aromatic heterocycles. The smallest absolute Gasteiger partial charge is 0.251 e. The normalized spacial score (nSPS) is 13.7. The fourth-order valence-electron chi connectivity index (χ4n) is 3.06. The van der Waals surface area contributed by atoms with Crippen LogP contribution in [0.4, 0.5) is 0 Å². The second-order valence-electron chi connectivity index (χ2n) is 6.47. The first kappa shape index (κ1) is 22.0. The maximum absolute atomic E-state index is 11.9. The zero-order chi connectivity index (χ0) is 19.0. The first-order valence-corrected chi connectivity index (χ1v) is 10.2.